The lowest BCUT2D eigenvalue weighted by atomic mass is 10.0. The lowest BCUT2D eigenvalue weighted by Gasteiger charge is -2.09. The van der Waals surface area contributed by atoms with E-state index in [0.29, 0.717) is 17.2 Å². The molecule has 0 spiro atoms. The molecular weight excluding hydrogens is 280 g/mol. The van der Waals surface area contributed by atoms with E-state index < -0.39 is 5.97 Å². The van der Waals surface area contributed by atoms with Crippen molar-refractivity contribution in [1.82, 2.24) is 19.7 Å². The van der Waals surface area contributed by atoms with Crippen LogP contribution in [0.4, 0.5) is 0 Å². The Labute approximate surface area is 127 Å². The highest BCUT2D eigenvalue weighted by Gasteiger charge is 2.19. The van der Waals surface area contributed by atoms with Crippen LogP contribution < -0.4 is 0 Å². The predicted molar refractivity (Wildman–Crippen MR) is 82.2 cm³/mol. The average Bonchev–Trinajstić information content (AvgIpc) is 2.81. The molecule has 1 N–H and O–H groups in total. The Morgan fingerprint density at radius 1 is 1.23 bits per heavy atom. The molecule has 3 rings (SSSR count). The first-order chi connectivity index (χ1) is 10.5. The van der Waals surface area contributed by atoms with Gasteiger partial charge in [-0.1, -0.05) is 6.07 Å². The number of aryl methyl sites for hydroxylation is 3. The second-order valence-electron chi connectivity index (χ2n) is 5.26. The third-order valence-electron chi connectivity index (χ3n) is 3.77. The van der Waals surface area contributed by atoms with E-state index in [0.717, 1.165) is 22.2 Å². The van der Waals surface area contributed by atoms with E-state index in [1.807, 2.05) is 39.0 Å². The Hall–Kier alpha value is -2.76. The lowest BCUT2D eigenvalue weighted by molar-refractivity contribution is -0.136. The first-order valence-electron chi connectivity index (χ1n) is 6.97. The van der Waals surface area contributed by atoms with Gasteiger partial charge in [-0.3, -0.25) is 4.79 Å². The zero-order valence-electron chi connectivity index (χ0n) is 12.7. The minimum atomic E-state index is -0.859. The number of nitrogens with zero attached hydrogens (tertiary/aromatic N) is 4. The van der Waals surface area contributed by atoms with Gasteiger partial charge in [0.1, 0.15) is 0 Å². The Morgan fingerprint density at radius 2 is 2.00 bits per heavy atom. The number of aromatic nitrogens is 4. The quantitative estimate of drug-likeness (QED) is 0.802. The molecule has 0 atom stereocenters. The molecule has 0 aliphatic rings. The second-order valence-corrected chi connectivity index (χ2v) is 5.26. The third kappa shape index (κ3) is 2.22. The fraction of sp³-hybridized carbons (Fsp3) is 0.250. The number of carboxylic acid groups (broad SMARTS) is 1. The molecule has 0 bridgehead atoms. The van der Waals surface area contributed by atoms with Gasteiger partial charge in [-0.15, -0.1) is 0 Å². The van der Waals surface area contributed by atoms with Crippen molar-refractivity contribution in [3.8, 4) is 5.82 Å². The highest BCUT2D eigenvalue weighted by atomic mass is 16.4. The van der Waals surface area contributed by atoms with Crippen LogP contribution in [0.1, 0.15) is 22.5 Å². The molecule has 6 heteroatoms. The zero-order chi connectivity index (χ0) is 15.9. The van der Waals surface area contributed by atoms with Gasteiger partial charge in [0, 0.05) is 17.3 Å². The van der Waals surface area contributed by atoms with Gasteiger partial charge in [-0.05, 0) is 44.0 Å². The molecule has 6 nitrogen and oxygen atoms in total. The minimum Gasteiger partial charge on any atom is -0.481 e. The van der Waals surface area contributed by atoms with Crippen LogP contribution in [-0.4, -0.2) is 30.8 Å². The highest BCUT2D eigenvalue weighted by Crippen LogP contribution is 2.27. The van der Waals surface area contributed by atoms with Crippen LogP contribution in [0.3, 0.4) is 0 Å². The molecule has 22 heavy (non-hydrogen) atoms. The topological polar surface area (TPSA) is 80.9 Å². The summed E-state index contributed by atoms with van der Waals surface area (Å²) in [6, 6.07) is 5.60. The van der Waals surface area contributed by atoms with Gasteiger partial charge in [-0.2, -0.15) is 9.78 Å². The van der Waals surface area contributed by atoms with Crippen LogP contribution in [0.5, 0.6) is 0 Å². The maximum Gasteiger partial charge on any atom is 0.307 e. The van der Waals surface area contributed by atoms with Crippen LogP contribution in [0, 0.1) is 20.8 Å². The van der Waals surface area contributed by atoms with E-state index >= 15 is 0 Å². The van der Waals surface area contributed by atoms with Crippen molar-refractivity contribution in [1.29, 1.82) is 0 Å². The summed E-state index contributed by atoms with van der Waals surface area (Å²) in [7, 11) is 0. The Kier molecular flexibility index (Phi) is 3.36. The Balaban J connectivity index is 2.30. The largest absolute Gasteiger partial charge is 0.481 e. The van der Waals surface area contributed by atoms with Crippen LogP contribution in [-0.2, 0) is 11.2 Å². The van der Waals surface area contributed by atoms with E-state index in [2.05, 4.69) is 15.1 Å². The van der Waals surface area contributed by atoms with E-state index in [-0.39, 0.29) is 6.42 Å². The predicted octanol–water partition coefficient (Wildman–Crippen LogP) is 2.37. The number of carboxylic acids is 1. The van der Waals surface area contributed by atoms with Crippen LogP contribution in [0.15, 0.2) is 24.4 Å². The minimum absolute atomic E-state index is 0.0329. The number of aliphatic carboxylic acids is 1. The molecule has 0 aromatic carbocycles. The van der Waals surface area contributed by atoms with Crippen LogP contribution in [0.25, 0.3) is 16.9 Å². The molecule has 0 aliphatic heterocycles. The molecule has 0 amide bonds. The van der Waals surface area contributed by atoms with E-state index in [1.165, 1.54) is 0 Å². The van der Waals surface area contributed by atoms with E-state index in [9.17, 15) is 4.79 Å². The normalized spacial score (nSPS) is 11.0. The highest BCUT2D eigenvalue weighted by molar-refractivity contribution is 5.86. The summed E-state index contributed by atoms with van der Waals surface area (Å²) in [5.41, 5.74) is 3.91. The number of hydrogen-bond donors (Lipinski definition) is 1. The third-order valence-corrected chi connectivity index (χ3v) is 3.77. The van der Waals surface area contributed by atoms with Gasteiger partial charge in [-0.25, -0.2) is 9.97 Å². The molecule has 0 radical (unpaired) electrons. The summed E-state index contributed by atoms with van der Waals surface area (Å²) in [5.74, 6) is -0.167. The number of fused-ring (bicyclic) bond motifs is 1. The number of pyridine rings is 2. The number of carbonyl (C=O) groups is 1. The average molecular weight is 296 g/mol. The van der Waals surface area contributed by atoms with Crippen LogP contribution in [0.2, 0.25) is 0 Å². The monoisotopic (exact) mass is 296 g/mol. The van der Waals surface area contributed by atoms with Crippen molar-refractivity contribution in [3.05, 3.63) is 46.9 Å². The standard InChI is InChI=1S/C16H16N4O2/c1-9-12(8-14(21)22)10(2)18-16-15(9)11(3)19-20(16)13-6-4-5-7-17-13/h4-7H,8H2,1-3H3,(H,21,22). The van der Waals surface area contributed by atoms with E-state index in [4.69, 9.17) is 5.11 Å². The van der Waals surface area contributed by atoms with Gasteiger partial charge in [0.2, 0.25) is 0 Å². The van der Waals surface area contributed by atoms with Gasteiger partial charge in [0.25, 0.3) is 0 Å². The van der Waals surface area contributed by atoms with Crippen molar-refractivity contribution in [2.24, 2.45) is 0 Å². The van der Waals surface area contributed by atoms with E-state index in [1.54, 1.807) is 10.9 Å². The maximum atomic E-state index is 11.1. The molecule has 0 saturated carbocycles. The van der Waals surface area contributed by atoms with Gasteiger partial charge < -0.3 is 5.11 Å². The second kappa shape index (κ2) is 5.22. The summed E-state index contributed by atoms with van der Waals surface area (Å²) in [5, 5.41) is 14.5. The van der Waals surface area contributed by atoms with Crippen molar-refractivity contribution in [2.75, 3.05) is 0 Å². The van der Waals surface area contributed by atoms with Crippen LogP contribution >= 0.6 is 0 Å². The van der Waals surface area contributed by atoms with Gasteiger partial charge in [0.15, 0.2) is 11.5 Å². The smallest absolute Gasteiger partial charge is 0.307 e. The summed E-state index contributed by atoms with van der Waals surface area (Å²) >= 11 is 0. The molecule has 0 unspecified atom stereocenters. The SMILES string of the molecule is Cc1nc2c(c(C)nn2-c2ccccn2)c(C)c1CC(=O)O. The number of hydrogen-bond acceptors (Lipinski definition) is 4. The molecule has 3 aromatic rings. The summed E-state index contributed by atoms with van der Waals surface area (Å²) < 4.78 is 1.70. The number of rotatable bonds is 3. The first-order valence-corrected chi connectivity index (χ1v) is 6.97. The fourth-order valence-electron chi connectivity index (χ4n) is 2.76. The van der Waals surface area contributed by atoms with Crippen molar-refractivity contribution >= 4 is 17.0 Å². The lowest BCUT2D eigenvalue weighted by Crippen LogP contribution is -2.07. The molecule has 112 valence electrons. The Bertz CT molecular complexity index is 869. The maximum absolute atomic E-state index is 11.1. The molecular formula is C16H16N4O2. The summed E-state index contributed by atoms with van der Waals surface area (Å²) in [6.45, 7) is 5.65. The zero-order valence-corrected chi connectivity index (χ0v) is 12.7. The molecule has 0 saturated heterocycles. The Morgan fingerprint density at radius 3 is 2.64 bits per heavy atom. The molecule has 3 heterocycles. The molecule has 3 aromatic heterocycles. The van der Waals surface area contributed by atoms with Crippen molar-refractivity contribution in [2.45, 2.75) is 27.2 Å². The van der Waals surface area contributed by atoms with Crippen molar-refractivity contribution < 1.29 is 9.90 Å². The molecule has 0 fully saturated rings. The first kappa shape index (κ1) is 14.2. The summed E-state index contributed by atoms with van der Waals surface area (Å²) in [6.07, 6.45) is 1.67. The van der Waals surface area contributed by atoms with Crippen molar-refractivity contribution in [3.63, 3.8) is 0 Å². The summed E-state index contributed by atoms with van der Waals surface area (Å²) in [4.78, 5) is 20.0. The van der Waals surface area contributed by atoms with Gasteiger partial charge in [0.05, 0.1) is 12.1 Å². The van der Waals surface area contributed by atoms with Gasteiger partial charge >= 0.3 is 5.97 Å². The fourth-order valence-corrected chi connectivity index (χ4v) is 2.76. The molecule has 0 aliphatic carbocycles.